The Labute approximate surface area is 157 Å². The van der Waals surface area contributed by atoms with Gasteiger partial charge in [0.25, 0.3) is 0 Å². The first kappa shape index (κ1) is 20.1. The second-order valence-corrected chi connectivity index (χ2v) is 6.06. The van der Waals surface area contributed by atoms with Crippen molar-refractivity contribution >= 4 is 29.1 Å². The quantitative estimate of drug-likeness (QED) is 0.785. The van der Waals surface area contributed by atoms with Crippen LogP contribution in [0.15, 0.2) is 48.5 Å². The molecule has 0 aliphatic heterocycles. The molecule has 0 saturated carbocycles. The van der Waals surface area contributed by atoms with Crippen LogP contribution >= 0.6 is 0 Å². The monoisotopic (exact) mass is 371 g/mol. The van der Waals surface area contributed by atoms with Crippen molar-refractivity contribution in [3.8, 4) is 0 Å². The predicted octanol–water partition coefficient (Wildman–Crippen LogP) is 2.50. The highest BCUT2D eigenvalue weighted by molar-refractivity contribution is 5.94. The maximum absolute atomic E-state index is 12.9. The normalized spacial score (nSPS) is 10.2. The molecule has 0 saturated heterocycles. The van der Waals surface area contributed by atoms with Crippen LogP contribution in [0.1, 0.15) is 19.4 Å². The third-order valence-corrected chi connectivity index (χ3v) is 3.79. The summed E-state index contributed by atoms with van der Waals surface area (Å²) in [5, 5.41) is 5.42. The van der Waals surface area contributed by atoms with E-state index < -0.39 is 0 Å². The van der Waals surface area contributed by atoms with Crippen LogP contribution in [0.5, 0.6) is 0 Å². The number of anilines is 2. The van der Waals surface area contributed by atoms with Crippen LogP contribution in [0.25, 0.3) is 0 Å². The van der Waals surface area contributed by atoms with Gasteiger partial charge >= 0.3 is 0 Å². The predicted molar refractivity (Wildman–Crippen MR) is 102 cm³/mol. The number of carbonyl (C=O) groups is 3. The van der Waals surface area contributed by atoms with Crippen LogP contribution in [0, 0.1) is 5.82 Å². The Hall–Kier alpha value is -3.22. The lowest BCUT2D eigenvalue weighted by Gasteiger charge is -2.22. The number of rotatable bonds is 7. The van der Waals surface area contributed by atoms with Gasteiger partial charge in [-0.25, -0.2) is 4.39 Å². The Morgan fingerprint density at radius 1 is 1.04 bits per heavy atom. The largest absolute Gasteiger partial charge is 0.354 e. The first-order valence-corrected chi connectivity index (χ1v) is 8.52. The van der Waals surface area contributed by atoms with Gasteiger partial charge in [0, 0.05) is 38.3 Å². The van der Waals surface area contributed by atoms with Crippen molar-refractivity contribution in [1.82, 2.24) is 5.32 Å². The van der Waals surface area contributed by atoms with Crippen molar-refractivity contribution in [3.05, 3.63) is 59.9 Å². The average Bonchev–Trinajstić information content (AvgIpc) is 2.60. The van der Waals surface area contributed by atoms with E-state index in [9.17, 15) is 18.8 Å². The molecule has 2 N–H and O–H groups in total. The topological polar surface area (TPSA) is 78.5 Å². The average molecular weight is 371 g/mol. The van der Waals surface area contributed by atoms with E-state index in [0.29, 0.717) is 16.9 Å². The highest BCUT2D eigenvalue weighted by Gasteiger charge is 2.13. The van der Waals surface area contributed by atoms with E-state index in [2.05, 4.69) is 10.6 Å². The Kier molecular flexibility index (Phi) is 7.05. The summed E-state index contributed by atoms with van der Waals surface area (Å²) in [6.45, 7) is 3.40. The molecule has 2 rings (SSSR count). The summed E-state index contributed by atoms with van der Waals surface area (Å²) in [5.74, 6) is -0.938. The van der Waals surface area contributed by atoms with Crippen LogP contribution in [-0.2, 0) is 20.8 Å². The van der Waals surface area contributed by atoms with Gasteiger partial charge in [0.2, 0.25) is 17.7 Å². The van der Waals surface area contributed by atoms with Gasteiger partial charge in [-0.1, -0.05) is 18.2 Å². The first-order valence-electron chi connectivity index (χ1n) is 8.52. The van der Waals surface area contributed by atoms with Crippen LogP contribution in [0.3, 0.4) is 0 Å². The summed E-state index contributed by atoms with van der Waals surface area (Å²) in [6, 6.07) is 12.7. The summed E-state index contributed by atoms with van der Waals surface area (Å²) in [6.07, 6.45) is 0.137. The lowest BCUT2D eigenvalue weighted by atomic mass is 10.1. The molecule has 0 spiro atoms. The molecule has 0 bridgehead atoms. The number of hydrogen-bond acceptors (Lipinski definition) is 3. The molecule has 142 valence electrons. The minimum atomic E-state index is -0.349. The molecule has 0 atom stereocenters. The minimum absolute atomic E-state index is 0.137. The molecule has 0 aromatic heterocycles. The fourth-order valence-corrected chi connectivity index (χ4v) is 2.58. The molecule has 7 heteroatoms. The van der Waals surface area contributed by atoms with Gasteiger partial charge in [0.15, 0.2) is 0 Å². The fraction of sp³-hybridized carbons (Fsp3) is 0.250. The van der Waals surface area contributed by atoms with Crippen molar-refractivity contribution < 1.29 is 18.8 Å². The molecule has 0 aliphatic carbocycles. The van der Waals surface area contributed by atoms with Gasteiger partial charge in [0.05, 0.1) is 6.42 Å². The van der Waals surface area contributed by atoms with Gasteiger partial charge in [-0.15, -0.1) is 0 Å². The molecule has 3 amide bonds. The summed E-state index contributed by atoms with van der Waals surface area (Å²) < 4.78 is 12.9. The molecule has 0 aliphatic rings. The molecule has 0 fully saturated rings. The summed E-state index contributed by atoms with van der Waals surface area (Å²) in [4.78, 5) is 36.7. The lowest BCUT2D eigenvalue weighted by molar-refractivity contribution is -0.121. The van der Waals surface area contributed by atoms with E-state index in [4.69, 9.17) is 0 Å². The second-order valence-electron chi connectivity index (χ2n) is 6.06. The maximum atomic E-state index is 12.9. The number of nitrogens with zero attached hydrogens (tertiary/aromatic N) is 1. The molecule has 0 unspecified atom stereocenters. The number of carbonyl (C=O) groups excluding carboxylic acids is 3. The van der Waals surface area contributed by atoms with Crippen LogP contribution in [0.2, 0.25) is 0 Å². The van der Waals surface area contributed by atoms with Crippen LogP contribution < -0.4 is 15.5 Å². The highest BCUT2D eigenvalue weighted by Crippen LogP contribution is 2.19. The van der Waals surface area contributed by atoms with E-state index in [-0.39, 0.29) is 43.0 Å². The zero-order chi connectivity index (χ0) is 19.8. The summed E-state index contributed by atoms with van der Waals surface area (Å²) >= 11 is 0. The Balaban J connectivity index is 1.92. The third kappa shape index (κ3) is 6.54. The van der Waals surface area contributed by atoms with Crippen molar-refractivity contribution in [2.24, 2.45) is 0 Å². The molecule has 0 heterocycles. The SMILES string of the molecule is CC(=O)Nc1cccc(N(CCNC(=O)Cc2ccc(F)cc2)C(C)=O)c1. The zero-order valence-corrected chi connectivity index (χ0v) is 15.3. The van der Waals surface area contributed by atoms with Gasteiger partial charge in [0.1, 0.15) is 5.82 Å². The van der Waals surface area contributed by atoms with Crippen LogP contribution in [0.4, 0.5) is 15.8 Å². The van der Waals surface area contributed by atoms with Crippen molar-refractivity contribution in [2.75, 3.05) is 23.3 Å². The first-order chi connectivity index (χ1) is 12.8. The zero-order valence-electron chi connectivity index (χ0n) is 15.3. The molecule has 2 aromatic rings. The lowest BCUT2D eigenvalue weighted by Crippen LogP contribution is -2.38. The van der Waals surface area contributed by atoms with Gasteiger partial charge in [-0.05, 0) is 35.9 Å². The van der Waals surface area contributed by atoms with E-state index >= 15 is 0 Å². The van der Waals surface area contributed by atoms with E-state index in [1.165, 1.54) is 30.9 Å². The Bertz CT molecular complexity index is 821. The number of nitrogens with one attached hydrogen (secondary N) is 2. The van der Waals surface area contributed by atoms with Gasteiger partial charge in [-0.3, -0.25) is 14.4 Å². The van der Waals surface area contributed by atoms with Crippen LogP contribution in [-0.4, -0.2) is 30.8 Å². The highest BCUT2D eigenvalue weighted by atomic mass is 19.1. The van der Waals surface area contributed by atoms with E-state index in [0.717, 1.165) is 0 Å². The van der Waals surface area contributed by atoms with Crippen molar-refractivity contribution in [1.29, 1.82) is 0 Å². The fourth-order valence-electron chi connectivity index (χ4n) is 2.58. The maximum Gasteiger partial charge on any atom is 0.224 e. The van der Waals surface area contributed by atoms with Crippen molar-refractivity contribution in [2.45, 2.75) is 20.3 Å². The number of benzene rings is 2. The molecular formula is C20H22FN3O3. The number of hydrogen-bond donors (Lipinski definition) is 2. The number of halogens is 1. The molecule has 0 radical (unpaired) electrons. The summed E-state index contributed by atoms with van der Waals surface area (Å²) in [7, 11) is 0. The second kappa shape index (κ2) is 9.47. The molecule has 27 heavy (non-hydrogen) atoms. The van der Waals surface area contributed by atoms with E-state index in [1.54, 1.807) is 36.4 Å². The summed E-state index contributed by atoms with van der Waals surface area (Å²) in [5.41, 5.74) is 1.92. The third-order valence-electron chi connectivity index (χ3n) is 3.79. The van der Waals surface area contributed by atoms with Crippen molar-refractivity contribution in [3.63, 3.8) is 0 Å². The standard InChI is InChI=1S/C20H22FN3O3/c1-14(25)23-18-4-3-5-19(13-18)24(15(2)26)11-10-22-20(27)12-16-6-8-17(21)9-7-16/h3-9,13H,10-12H2,1-2H3,(H,22,27)(H,23,25). The molecule has 6 nitrogen and oxygen atoms in total. The smallest absolute Gasteiger partial charge is 0.224 e. The van der Waals surface area contributed by atoms with Gasteiger partial charge < -0.3 is 15.5 Å². The Morgan fingerprint density at radius 3 is 2.37 bits per heavy atom. The molecule has 2 aromatic carbocycles. The van der Waals surface area contributed by atoms with Gasteiger partial charge in [-0.2, -0.15) is 0 Å². The van der Waals surface area contributed by atoms with E-state index in [1.807, 2.05) is 0 Å². The number of amides is 3. The minimum Gasteiger partial charge on any atom is -0.354 e. The Morgan fingerprint density at radius 2 is 1.74 bits per heavy atom. The molecular weight excluding hydrogens is 349 g/mol.